The number of hydrogen-bond donors (Lipinski definition) is 1. The van der Waals surface area contributed by atoms with E-state index < -0.39 is 30.4 Å². The van der Waals surface area contributed by atoms with E-state index in [-0.39, 0.29) is 18.7 Å². The van der Waals surface area contributed by atoms with Gasteiger partial charge in [-0.05, 0) is 37.0 Å². The minimum Gasteiger partial charge on any atom is -0.481 e. The summed E-state index contributed by atoms with van der Waals surface area (Å²) in [6, 6.07) is 4.88. The van der Waals surface area contributed by atoms with Crippen LogP contribution in [-0.2, 0) is 16.0 Å². The number of hydrogen-bond acceptors (Lipinski definition) is 4. The number of aliphatic carboxylic acids is 1. The molecule has 0 bridgehead atoms. The van der Waals surface area contributed by atoms with Gasteiger partial charge in [-0.25, -0.2) is 4.79 Å². The Bertz CT molecular complexity index is 617. The Morgan fingerprint density at radius 1 is 1.28 bits per heavy atom. The van der Waals surface area contributed by atoms with Crippen LogP contribution >= 0.6 is 0 Å². The monoisotopic (exact) mass is 361 g/mol. The molecule has 0 spiro atoms. The first-order chi connectivity index (χ1) is 11.7. The van der Waals surface area contributed by atoms with Crippen LogP contribution in [-0.4, -0.2) is 48.1 Å². The van der Waals surface area contributed by atoms with Crippen LogP contribution in [0.3, 0.4) is 0 Å². The van der Waals surface area contributed by atoms with E-state index in [0.29, 0.717) is 18.4 Å². The van der Waals surface area contributed by atoms with Crippen LogP contribution < -0.4 is 4.74 Å². The van der Waals surface area contributed by atoms with Gasteiger partial charge in [0, 0.05) is 12.6 Å². The highest BCUT2D eigenvalue weighted by Crippen LogP contribution is 2.28. The SMILES string of the molecule is COC(=O)N1CCC(C(=O)O)CC1Cc1ccc(OC(F)(F)F)cc1. The molecule has 1 N–H and O–H groups in total. The third kappa shape index (κ3) is 5.27. The lowest BCUT2D eigenvalue weighted by Crippen LogP contribution is -2.48. The third-order valence-corrected chi connectivity index (χ3v) is 4.10. The highest BCUT2D eigenvalue weighted by molar-refractivity contribution is 5.72. The molecule has 0 saturated carbocycles. The molecular weight excluding hydrogens is 343 g/mol. The van der Waals surface area contributed by atoms with Gasteiger partial charge in [0.2, 0.25) is 0 Å². The van der Waals surface area contributed by atoms with Crippen LogP contribution in [0.25, 0.3) is 0 Å². The molecule has 1 aliphatic heterocycles. The minimum absolute atomic E-state index is 0.254. The van der Waals surface area contributed by atoms with Crippen LogP contribution in [0, 0.1) is 5.92 Å². The van der Waals surface area contributed by atoms with Crippen LogP contribution in [0.2, 0.25) is 0 Å². The predicted molar refractivity (Wildman–Crippen MR) is 80.1 cm³/mol. The standard InChI is InChI=1S/C16H18F3NO5/c1-24-15(23)20-7-6-11(14(21)22)9-12(20)8-10-2-4-13(5-3-10)25-16(17,18)19/h2-5,11-12H,6-9H2,1H3,(H,21,22). The molecular formula is C16H18F3NO5. The minimum atomic E-state index is -4.76. The Kier molecular flexibility index (Phi) is 5.76. The maximum Gasteiger partial charge on any atom is 0.573 e. The largest absolute Gasteiger partial charge is 0.573 e. The van der Waals surface area contributed by atoms with Crippen molar-refractivity contribution in [2.24, 2.45) is 5.92 Å². The molecule has 1 saturated heterocycles. The molecule has 2 rings (SSSR count). The number of halogens is 3. The van der Waals surface area contributed by atoms with E-state index in [1.165, 1.54) is 36.3 Å². The van der Waals surface area contributed by atoms with Gasteiger partial charge in [0.25, 0.3) is 0 Å². The van der Waals surface area contributed by atoms with E-state index >= 15 is 0 Å². The quantitative estimate of drug-likeness (QED) is 0.892. The Morgan fingerprint density at radius 3 is 2.44 bits per heavy atom. The summed E-state index contributed by atoms with van der Waals surface area (Å²) in [5.74, 6) is -1.84. The molecule has 2 atom stereocenters. The van der Waals surface area contributed by atoms with E-state index in [0.717, 1.165) is 0 Å². The molecule has 2 unspecified atom stereocenters. The van der Waals surface area contributed by atoms with Crippen molar-refractivity contribution < 1.29 is 37.3 Å². The summed E-state index contributed by atoms with van der Waals surface area (Å²) in [4.78, 5) is 24.5. The van der Waals surface area contributed by atoms with Crippen LogP contribution in [0.5, 0.6) is 5.75 Å². The predicted octanol–water partition coefficient (Wildman–Crippen LogP) is 3.06. The summed E-state index contributed by atoms with van der Waals surface area (Å²) in [6.07, 6.45) is -4.41. The number of carboxylic acid groups (broad SMARTS) is 1. The Morgan fingerprint density at radius 2 is 1.92 bits per heavy atom. The molecule has 0 aliphatic carbocycles. The topological polar surface area (TPSA) is 76.1 Å². The zero-order valence-corrected chi connectivity index (χ0v) is 13.5. The average molecular weight is 361 g/mol. The lowest BCUT2D eigenvalue weighted by atomic mass is 9.88. The zero-order valence-electron chi connectivity index (χ0n) is 13.5. The molecule has 25 heavy (non-hydrogen) atoms. The van der Waals surface area contributed by atoms with Crippen LogP contribution in [0.4, 0.5) is 18.0 Å². The van der Waals surface area contributed by atoms with Crippen molar-refractivity contribution in [3.8, 4) is 5.75 Å². The highest BCUT2D eigenvalue weighted by Gasteiger charge is 2.35. The molecule has 1 heterocycles. The number of alkyl halides is 3. The number of likely N-dealkylation sites (tertiary alicyclic amines) is 1. The second kappa shape index (κ2) is 7.62. The molecule has 138 valence electrons. The van der Waals surface area contributed by atoms with Crippen molar-refractivity contribution >= 4 is 12.1 Å². The van der Waals surface area contributed by atoms with Crippen molar-refractivity contribution in [1.29, 1.82) is 0 Å². The second-order valence-corrected chi connectivity index (χ2v) is 5.77. The Balaban J connectivity index is 2.10. The van der Waals surface area contributed by atoms with Crippen molar-refractivity contribution in [2.45, 2.75) is 31.7 Å². The molecule has 1 fully saturated rings. The van der Waals surface area contributed by atoms with E-state index in [2.05, 4.69) is 4.74 Å². The van der Waals surface area contributed by atoms with E-state index in [4.69, 9.17) is 4.74 Å². The number of benzene rings is 1. The Labute approximate surface area is 142 Å². The molecule has 0 aromatic heterocycles. The van der Waals surface area contributed by atoms with Gasteiger partial charge < -0.3 is 19.5 Å². The fraction of sp³-hybridized carbons (Fsp3) is 0.500. The first-order valence-corrected chi connectivity index (χ1v) is 7.61. The first kappa shape index (κ1) is 18.9. The van der Waals surface area contributed by atoms with Crippen LogP contribution in [0.1, 0.15) is 18.4 Å². The molecule has 6 nitrogen and oxygen atoms in total. The van der Waals surface area contributed by atoms with Crippen molar-refractivity contribution in [3.05, 3.63) is 29.8 Å². The van der Waals surface area contributed by atoms with Crippen LogP contribution in [0.15, 0.2) is 24.3 Å². The smallest absolute Gasteiger partial charge is 0.481 e. The number of piperidine rings is 1. The average Bonchev–Trinajstić information content (AvgIpc) is 2.54. The number of carbonyl (C=O) groups is 2. The Hall–Kier alpha value is -2.45. The molecule has 1 aromatic rings. The summed E-state index contributed by atoms with van der Waals surface area (Å²) in [7, 11) is 1.24. The van der Waals surface area contributed by atoms with Gasteiger partial charge in [-0.1, -0.05) is 12.1 Å². The molecule has 9 heteroatoms. The van der Waals surface area contributed by atoms with E-state index in [1.807, 2.05) is 0 Å². The molecule has 0 radical (unpaired) electrons. The van der Waals surface area contributed by atoms with E-state index in [1.54, 1.807) is 0 Å². The number of methoxy groups -OCH3 is 1. The van der Waals surface area contributed by atoms with Crippen molar-refractivity contribution in [1.82, 2.24) is 4.90 Å². The van der Waals surface area contributed by atoms with Gasteiger partial charge in [-0.15, -0.1) is 13.2 Å². The van der Waals surface area contributed by atoms with Crippen molar-refractivity contribution in [3.63, 3.8) is 0 Å². The van der Waals surface area contributed by atoms with Gasteiger partial charge in [-0.3, -0.25) is 4.79 Å². The van der Waals surface area contributed by atoms with Crippen molar-refractivity contribution in [2.75, 3.05) is 13.7 Å². The van der Waals surface area contributed by atoms with Gasteiger partial charge in [-0.2, -0.15) is 0 Å². The fourth-order valence-corrected chi connectivity index (χ4v) is 2.93. The first-order valence-electron chi connectivity index (χ1n) is 7.61. The number of rotatable bonds is 4. The van der Waals surface area contributed by atoms with E-state index in [9.17, 15) is 27.9 Å². The van der Waals surface area contributed by atoms with Gasteiger partial charge in [0.05, 0.1) is 13.0 Å². The lowest BCUT2D eigenvalue weighted by molar-refractivity contribution is -0.274. The summed E-state index contributed by atoms with van der Waals surface area (Å²) in [6.45, 7) is 0.254. The van der Waals surface area contributed by atoms with Gasteiger partial charge >= 0.3 is 18.4 Å². The summed E-state index contributed by atoms with van der Waals surface area (Å²) >= 11 is 0. The number of carbonyl (C=O) groups excluding carboxylic acids is 1. The maximum atomic E-state index is 12.2. The zero-order chi connectivity index (χ0) is 18.6. The van der Waals surface area contributed by atoms with Gasteiger partial charge in [0.1, 0.15) is 5.75 Å². The maximum absolute atomic E-state index is 12.2. The summed E-state index contributed by atoms with van der Waals surface area (Å²) in [5.41, 5.74) is 0.666. The fourth-order valence-electron chi connectivity index (χ4n) is 2.93. The number of carboxylic acids is 1. The summed E-state index contributed by atoms with van der Waals surface area (Å²) < 4.78 is 45.1. The molecule has 1 aliphatic rings. The summed E-state index contributed by atoms with van der Waals surface area (Å²) in [5, 5.41) is 9.19. The number of nitrogens with zero attached hydrogens (tertiary/aromatic N) is 1. The highest BCUT2D eigenvalue weighted by atomic mass is 19.4. The second-order valence-electron chi connectivity index (χ2n) is 5.77. The molecule has 1 amide bonds. The third-order valence-electron chi connectivity index (χ3n) is 4.10. The lowest BCUT2D eigenvalue weighted by Gasteiger charge is -2.37. The normalized spacial score (nSPS) is 20.9. The molecule has 1 aromatic carbocycles. The number of amides is 1. The number of ether oxygens (including phenoxy) is 2. The van der Waals surface area contributed by atoms with Gasteiger partial charge in [0.15, 0.2) is 0 Å².